The van der Waals surface area contributed by atoms with Gasteiger partial charge in [-0.15, -0.1) is 0 Å². The Labute approximate surface area is 78.7 Å². The summed E-state index contributed by atoms with van der Waals surface area (Å²) in [6.45, 7) is 2.55. The highest BCUT2D eigenvalue weighted by molar-refractivity contribution is 5.74. The zero-order valence-electron chi connectivity index (χ0n) is 8.07. The highest BCUT2D eigenvalue weighted by atomic mass is 16.3. The van der Waals surface area contributed by atoms with Gasteiger partial charge in [-0.3, -0.25) is 4.79 Å². The quantitative estimate of drug-likeness (QED) is 0.602. The van der Waals surface area contributed by atoms with Gasteiger partial charge in [-0.2, -0.15) is 0 Å². The molecule has 2 rings (SSSR count). The van der Waals surface area contributed by atoms with Crippen molar-refractivity contribution in [1.29, 1.82) is 0 Å². The fraction of sp³-hybridized carbons (Fsp3) is 0.900. The molecule has 0 spiro atoms. The van der Waals surface area contributed by atoms with Crippen LogP contribution in [0.4, 0.5) is 0 Å². The van der Waals surface area contributed by atoms with Crippen LogP contribution in [-0.4, -0.2) is 34.6 Å². The molecule has 3 atom stereocenters. The number of fused-ring (bicyclic) bond motifs is 2. The molecule has 0 aromatic carbocycles. The molecule has 0 aromatic heterocycles. The van der Waals surface area contributed by atoms with E-state index in [0.717, 1.165) is 32.2 Å². The lowest BCUT2D eigenvalue weighted by Crippen LogP contribution is -2.36. The van der Waals surface area contributed by atoms with Gasteiger partial charge < -0.3 is 10.0 Å². The molecule has 1 aliphatic heterocycles. The van der Waals surface area contributed by atoms with Crippen LogP contribution in [0, 0.1) is 5.92 Å². The van der Waals surface area contributed by atoms with Crippen LogP contribution in [0.5, 0.6) is 0 Å². The Hall–Kier alpha value is -0.570. The average molecular weight is 183 g/mol. The van der Waals surface area contributed by atoms with E-state index in [1.165, 1.54) is 0 Å². The van der Waals surface area contributed by atoms with Crippen molar-refractivity contribution in [3.8, 4) is 0 Å². The number of nitrogens with zero attached hydrogens (tertiary/aromatic N) is 1. The van der Waals surface area contributed by atoms with Gasteiger partial charge in [0.05, 0.1) is 6.10 Å². The zero-order chi connectivity index (χ0) is 9.42. The molecule has 1 saturated heterocycles. The number of carbonyl (C=O) groups is 1. The number of amides is 1. The fourth-order valence-corrected chi connectivity index (χ4v) is 2.69. The Morgan fingerprint density at radius 3 is 2.85 bits per heavy atom. The molecule has 3 unspecified atom stereocenters. The standard InChI is InChI=1S/C10H17NO2/c1-7(12)11-6-8-2-3-10(13)5-9(11)4-8/h8-10,13H,2-6H2,1H3. The number of aliphatic hydroxyl groups is 1. The average Bonchev–Trinajstić information content (AvgIpc) is 2.34. The minimum absolute atomic E-state index is 0.168. The van der Waals surface area contributed by atoms with Crippen LogP contribution >= 0.6 is 0 Å². The van der Waals surface area contributed by atoms with Gasteiger partial charge in [0.2, 0.25) is 5.91 Å². The largest absolute Gasteiger partial charge is 0.393 e. The van der Waals surface area contributed by atoms with Crippen molar-refractivity contribution in [1.82, 2.24) is 4.90 Å². The summed E-state index contributed by atoms with van der Waals surface area (Å²) >= 11 is 0. The molecule has 0 aromatic rings. The van der Waals surface area contributed by atoms with Crippen molar-refractivity contribution in [2.24, 2.45) is 5.92 Å². The predicted octanol–water partition coefficient (Wildman–Crippen LogP) is 0.768. The summed E-state index contributed by atoms with van der Waals surface area (Å²) in [6.07, 6.45) is 3.72. The molecular formula is C10H17NO2. The molecule has 1 aliphatic carbocycles. The van der Waals surface area contributed by atoms with E-state index in [-0.39, 0.29) is 12.0 Å². The van der Waals surface area contributed by atoms with Crippen LogP contribution in [0.1, 0.15) is 32.6 Å². The summed E-state index contributed by atoms with van der Waals surface area (Å²) in [5.41, 5.74) is 0. The third-order valence-electron chi connectivity index (χ3n) is 3.36. The highest BCUT2D eigenvalue weighted by Gasteiger charge is 2.37. The minimum Gasteiger partial charge on any atom is -0.393 e. The molecule has 2 fully saturated rings. The van der Waals surface area contributed by atoms with Crippen LogP contribution in [0.15, 0.2) is 0 Å². The van der Waals surface area contributed by atoms with E-state index in [1.54, 1.807) is 6.92 Å². The number of aliphatic hydroxyl groups excluding tert-OH is 1. The Morgan fingerprint density at radius 2 is 2.15 bits per heavy atom. The summed E-state index contributed by atoms with van der Waals surface area (Å²) in [6, 6.07) is 0.319. The maximum Gasteiger partial charge on any atom is 0.219 e. The van der Waals surface area contributed by atoms with Gasteiger partial charge in [0, 0.05) is 19.5 Å². The van der Waals surface area contributed by atoms with Gasteiger partial charge in [-0.05, 0) is 31.6 Å². The Bertz CT molecular complexity index is 217. The Morgan fingerprint density at radius 1 is 1.38 bits per heavy atom. The summed E-state index contributed by atoms with van der Waals surface area (Å²) in [7, 11) is 0. The third-order valence-corrected chi connectivity index (χ3v) is 3.36. The summed E-state index contributed by atoms with van der Waals surface area (Å²) in [5, 5.41) is 9.57. The van der Waals surface area contributed by atoms with Crippen LogP contribution in [-0.2, 0) is 4.79 Å². The normalized spacial score (nSPS) is 38.9. The van der Waals surface area contributed by atoms with E-state index in [0.29, 0.717) is 12.0 Å². The Balaban J connectivity index is 2.08. The van der Waals surface area contributed by atoms with Gasteiger partial charge in [-0.1, -0.05) is 0 Å². The molecule has 74 valence electrons. The maximum atomic E-state index is 11.3. The number of hydrogen-bond donors (Lipinski definition) is 1. The van der Waals surface area contributed by atoms with Crippen LogP contribution in [0.2, 0.25) is 0 Å². The maximum absolute atomic E-state index is 11.3. The molecule has 1 amide bonds. The van der Waals surface area contributed by atoms with Crippen molar-refractivity contribution < 1.29 is 9.90 Å². The minimum atomic E-state index is -0.183. The molecule has 1 N–H and O–H groups in total. The molecule has 3 nitrogen and oxygen atoms in total. The molecule has 2 aliphatic rings. The predicted molar refractivity (Wildman–Crippen MR) is 49.1 cm³/mol. The van der Waals surface area contributed by atoms with Crippen molar-refractivity contribution >= 4 is 5.91 Å². The lowest BCUT2D eigenvalue weighted by Gasteiger charge is -2.26. The fourth-order valence-electron chi connectivity index (χ4n) is 2.69. The molecular weight excluding hydrogens is 166 g/mol. The van der Waals surface area contributed by atoms with Gasteiger partial charge in [0.25, 0.3) is 0 Å². The van der Waals surface area contributed by atoms with Crippen molar-refractivity contribution in [3.63, 3.8) is 0 Å². The van der Waals surface area contributed by atoms with Gasteiger partial charge in [0.1, 0.15) is 0 Å². The second-order valence-electron chi connectivity index (χ2n) is 4.39. The second kappa shape index (κ2) is 3.29. The molecule has 1 heterocycles. The molecule has 13 heavy (non-hydrogen) atoms. The Kier molecular flexibility index (Phi) is 2.28. The van der Waals surface area contributed by atoms with Gasteiger partial charge >= 0.3 is 0 Å². The first-order valence-electron chi connectivity index (χ1n) is 5.12. The first kappa shape index (κ1) is 9.00. The van der Waals surface area contributed by atoms with E-state index in [2.05, 4.69) is 0 Å². The van der Waals surface area contributed by atoms with Crippen molar-refractivity contribution in [2.45, 2.75) is 44.8 Å². The van der Waals surface area contributed by atoms with Crippen LogP contribution < -0.4 is 0 Å². The molecule has 0 radical (unpaired) electrons. The van der Waals surface area contributed by atoms with E-state index in [1.807, 2.05) is 4.90 Å². The summed E-state index contributed by atoms with van der Waals surface area (Å²) < 4.78 is 0. The molecule has 1 saturated carbocycles. The first-order valence-corrected chi connectivity index (χ1v) is 5.12. The number of carbonyl (C=O) groups excluding carboxylic acids is 1. The van der Waals surface area contributed by atoms with E-state index < -0.39 is 0 Å². The van der Waals surface area contributed by atoms with Gasteiger partial charge in [0.15, 0.2) is 0 Å². The monoisotopic (exact) mass is 183 g/mol. The van der Waals surface area contributed by atoms with Crippen LogP contribution in [0.25, 0.3) is 0 Å². The molecule has 2 bridgehead atoms. The van der Waals surface area contributed by atoms with Crippen molar-refractivity contribution in [2.75, 3.05) is 6.54 Å². The van der Waals surface area contributed by atoms with E-state index in [9.17, 15) is 9.90 Å². The van der Waals surface area contributed by atoms with E-state index in [4.69, 9.17) is 0 Å². The summed E-state index contributed by atoms with van der Waals surface area (Å²) in [5.74, 6) is 0.813. The van der Waals surface area contributed by atoms with E-state index >= 15 is 0 Å². The van der Waals surface area contributed by atoms with Gasteiger partial charge in [-0.25, -0.2) is 0 Å². The lowest BCUT2D eigenvalue weighted by molar-refractivity contribution is -0.130. The third kappa shape index (κ3) is 1.70. The number of likely N-dealkylation sites (tertiary alicyclic amines) is 1. The first-order chi connectivity index (χ1) is 6.16. The number of rotatable bonds is 0. The zero-order valence-corrected chi connectivity index (χ0v) is 8.07. The number of hydrogen-bond acceptors (Lipinski definition) is 2. The topological polar surface area (TPSA) is 40.5 Å². The van der Waals surface area contributed by atoms with Crippen molar-refractivity contribution in [3.05, 3.63) is 0 Å². The smallest absolute Gasteiger partial charge is 0.219 e. The highest BCUT2D eigenvalue weighted by Crippen LogP contribution is 2.33. The SMILES string of the molecule is CC(=O)N1CC2CCC(O)CC1C2. The second-order valence-corrected chi connectivity index (χ2v) is 4.39. The lowest BCUT2D eigenvalue weighted by atomic mass is 10.0. The van der Waals surface area contributed by atoms with Crippen LogP contribution in [0.3, 0.4) is 0 Å². The molecule has 3 heteroatoms. The summed E-state index contributed by atoms with van der Waals surface area (Å²) in [4.78, 5) is 13.2.